The van der Waals surface area contributed by atoms with Gasteiger partial charge in [-0.2, -0.15) is 0 Å². The molecule has 0 aliphatic carbocycles. The molecule has 0 spiro atoms. The monoisotopic (exact) mass is 279 g/mol. The molecule has 1 N–H and O–H groups in total. The predicted octanol–water partition coefficient (Wildman–Crippen LogP) is 1.67. The Balaban J connectivity index is 2.08. The molecule has 5 nitrogen and oxygen atoms in total. The van der Waals surface area contributed by atoms with Gasteiger partial charge < -0.3 is 14.8 Å². The summed E-state index contributed by atoms with van der Waals surface area (Å²) in [5, 5.41) is 3.45. The first-order valence-electron chi connectivity index (χ1n) is 7.23. The Morgan fingerprint density at radius 1 is 1.30 bits per heavy atom. The van der Waals surface area contributed by atoms with Gasteiger partial charge in [-0.25, -0.2) is 0 Å². The number of methoxy groups -OCH3 is 2. The number of nitrogens with one attached hydrogen (secondary N) is 1. The molecule has 20 heavy (non-hydrogen) atoms. The van der Waals surface area contributed by atoms with Crippen molar-refractivity contribution in [3.05, 3.63) is 18.0 Å². The first-order chi connectivity index (χ1) is 9.76. The number of hydrogen-bond acceptors (Lipinski definition) is 5. The van der Waals surface area contributed by atoms with Crippen LogP contribution in [0.4, 0.5) is 0 Å². The third kappa shape index (κ3) is 3.61. The molecule has 5 heteroatoms. The summed E-state index contributed by atoms with van der Waals surface area (Å²) in [5.41, 5.74) is 0.937. The Bertz CT molecular complexity index is 418. The van der Waals surface area contributed by atoms with Crippen molar-refractivity contribution in [1.29, 1.82) is 0 Å². The van der Waals surface area contributed by atoms with Crippen molar-refractivity contribution in [2.24, 2.45) is 0 Å². The quantitative estimate of drug-likeness (QED) is 0.888. The molecule has 1 fully saturated rings. The van der Waals surface area contributed by atoms with Crippen molar-refractivity contribution in [2.75, 3.05) is 34.4 Å². The lowest BCUT2D eigenvalue weighted by molar-refractivity contribution is 0.210. The van der Waals surface area contributed by atoms with Crippen LogP contribution in [0, 0.1) is 0 Å². The van der Waals surface area contributed by atoms with E-state index >= 15 is 0 Å². The average molecular weight is 279 g/mol. The van der Waals surface area contributed by atoms with Crippen LogP contribution in [0.15, 0.2) is 12.3 Å². The predicted molar refractivity (Wildman–Crippen MR) is 79.3 cm³/mol. The maximum atomic E-state index is 5.45. The average Bonchev–Trinajstić information content (AvgIpc) is 2.76. The molecule has 0 saturated carbocycles. The van der Waals surface area contributed by atoms with Gasteiger partial charge >= 0.3 is 0 Å². The fraction of sp³-hybridized carbons (Fsp3) is 0.667. The molecule has 0 amide bonds. The van der Waals surface area contributed by atoms with E-state index in [-0.39, 0.29) is 0 Å². The highest BCUT2D eigenvalue weighted by Gasteiger charge is 2.19. The summed E-state index contributed by atoms with van der Waals surface area (Å²) in [6, 6.07) is 2.43. The summed E-state index contributed by atoms with van der Waals surface area (Å²) in [7, 11) is 5.48. The van der Waals surface area contributed by atoms with Crippen LogP contribution in [-0.2, 0) is 6.54 Å². The summed E-state index contributed by atoms with van der Waals surface area (Å²) in [4.78, 5) is 6.83. The smallest absolute Gasteiger partial charge is 0.183 e. The summed E-state index contributed by atoms with van der Waals surface area (Å²) in [6.07, 6.45) is 5.43. The minimum Gasteiger partial charge on any atom is -0.493 e. The molecular formula is C15H25N3O2. The molecule has 0 bridgehead atoms. The Morgan fingerprint density at radius 3 is 2.90 bits per heavy atom. The van der Waals surface area contributed by atoms with E-state index in [1.54, 1.807) is 20.4 Å². The summed E-state index contributed by atoms with van der Waals surface area (Å²) < 4.78 is 10.8. The lowest BCUT2D eigenvalue weighted by Gasteiger charge is -2.27. The van der Waals surface area contributed by atoms with E-state index in [4.69, 9.17) is 9.47 Å². The number of nitrogens with zero attached hydrogens (tertiary/aromatic N) is 2. The molecule has 0 aromatic carbocycles. The van der Waals surface area contributed by atoms with Gasteiger partial charge in [0.15, 0.2) is 11.5 Å². The summed E-state index contributed by atoms with van der Waals surface area (Å²) in [6.45, 7) is 3.01. The van der Waals surface area contributed by atoms with E-state index in [2.05, 4.69) is 22.2 Å². The van der Waals surface area contributed by atoms with Gasteiger partial charge in [0.2, 0.25) is 0 Å². The van der Waals surface area contributed by atoms with Gasteiger partial charge in [0, 0.05) is 24.8 Å². The van der Waals surface area contributed by atoms with Crippen molar-refractivity contribution in [3.63, 3.8) is 0 Å². The largest absolute Gasteiger partial charge is 0.493 e. The van der Waals surface area contributed by atoms with Gasteiger partial charge in [-0.3, -0.25) is 9.88 Å². The van der Waals surface area contributed by atoms with Gasteiger partial charge in [0.25, 0.3) is 0 Å². The number of aromatic nitrogens is 1. The van der Waals surface area contributed by atoms with Crippen LogP contribution in [0.5, 0.6) is 11.5 Å². The van der Waals surface area contributed by atoms with Crippen LogP contribution in [0.1, 0.15) is 25.0 Å². The van der Waals surface area contributed by atoms with Gasteiger partial charge in [-0.05, 0) is 39.4 Å². The molecule has 1 aromatic rings. The highest BCUT2D eigenvalue weighted by atomic mass is 16.5. The first-order valence-corrected chi connectivity index (χ1v) is 7.23. The van der Waals surface area contributed by atoms with E-state index in [1.165, 1.54) is 19.3 Å². The Morgan fingerprint density at radius 2 is 2.15 bits per heavy atom. The summed E-state index contributed by atoms with van der Waals surface area (Å²) >= 11 is 0. The standard InChI is InChI=1S/C15H25N3O2/c1-18(12-5-4-8-16-9-6-12)11-13-15(20-3)14(19-2)7-10-17-13/h7,10,12,16H,4-6,8-9,11H2,1-3H3. The lowest BCUT2D eigenvalue weighted by Crippen LogP contribution is -2.32. The Kier molecular flexibility index (Phi) is 5.61. The number of hydrogen-bond donors (Lipinski definition) is 1. The number of ether oxygens (including phenoxy) is 2. The minimum atomic E-state index is 0.600. The Hall–Kier alpha value is -1.33. The maximum absolute atomic E-state index is 5.45. The van der Waals surface area contributed by atoms with E-state index in [9.17, 15) is 0 Å². The normalized spacial score (nSPS) is 19.7. The zero-order chi connectivity index (χ0) is 14.4. The minimum absolute atomic E-state index is 0.600. The molecule has 2 heterocycles. The van der Waals surface area contributed by atoms with Gasteiger partial charge in [0.05, 0.1) is 14.2 Å². The van der Waals surface area contributed by atoms with Crippen molar-refractivity contribution in [1.82, 2.24) is 15.2 Å². The third-order valence-electron chi connectivity index (χ3n) is 3.93. The van der Waals surface area contributed by atoms with Crippen molar-refractivity contribution in [2.45, 2.75) is 31.8 Å². The molecule has 1 atom stereocenters. The molecule has 112 valence electrons. The second kappa shape index (κ2) is 7.45. The van der Waals surface area contributed by atoms with Gasteiger partial charge in [0.1, 0.15) is 5.69 Å². The fourth-order valence-electron chi connectivity index (χ4n) is 2.77. The molecule has 1 saturated heterocycles. The van der Waals surface area contributed by atoms with Crippen LogP contribution in [0.2, 0.25) is 0 Å². The van der Waals surface area contributed by atoms with Crippen molar-refractivity contribution >= 4 is 0 Å². The molecule has 1 aromatic heterocycles. The SMILES string of the molecule is COc1ccnc(CN(C)C2CCCNCC2)c1OC. The molecule has 1 aliphatic heterocycles. The molecule has 0 radical (unpaired) electrons. The van der Waals surface area contributed by atoms with Gasteiger partial charge in [-0.15, -0.1) is 0 Å². The molecule has 1 aliphatic rings. The maximum Gasteiger partial charge on any atom is 0.183 e. The summed E-state index contributed by atoms with van der Waals surface area (Å²) in [5.74, 6) is 1.49. The van der Waals surface area contributed by atoms with E-state index in [0.717, 1.165) is 36.8 Å². The van der Waals surface area contributed by atoms with Crippen LogP contribution < -0.4 is 14.8 Å². The van der Waals surface area contributed by atoms with Gasteiger partial charge in [-0.1, -0.05) is 0 Å². The third-order valence-corrected chi connectivity index (χ3v) is 3.93. The van der Waals surface area contributed by atoms with Crippen LogP contribution >= 0.6 is 0 Å². The van der Waals surface area contributed by atoms with Crippen LogP contribution in [-0.4, -0.2) is 50.3 Å². The van der Waals surface area contributed by atoms with E-state index in [0.29, 0.717) is 6.04 Å². The highest BCUT2D eigenvalue weighted by molar-refractivity contribution is 5.42. The molecule has 2 rings (SSSR count). The van der Waals surface area contributed by atoms with Crippen LogP contribution in [0.25, 0.3) is 0 Å². The van der Waals surface area contributed by atoms with Crippen molar-refractivity contribution < 1.29 is 9.47 Å². The molecule has 1 unspecified atom stereocenters. The topological polar surface area (TPSA) is 46.6 Å². The van der Waals surface area contributed by atoms with E-state index < -0.39 is 0 Å². The highest BCUT2D eigenvalue weighted by Crippen LogP contribution is 2.30. The Labute approximate surface area is 121 Å². The van der Waals surface area contributed by atoms with Crippen LogP contribution in [0.3, 0.4) is 0 Å². The number of rotatable bonds is 5. The first kappa shape index (κ1) is 15.1. The van der Waals surface area contributed by atoms with E-state index in [1.807, 2.05) is 6.07 Å². The zero-order valence-electron chi connectivity index (χ0n) is 12.7. The second-order valence-electron chi connectivity index (χ2n) is 5.24. The lowest BCUT2D eigenvalue weighted by atomic mass is 10.1. The molecular weight excluding hydrogens is 254 g/mol. The number of pyridine rings is 1. The second-order valence-corrected chi connectivity index (χ2v) is 5.24. The zero-order valence-corrected chi connectivity index (χ0v) is 12.7. The fourth-order valence-corrected chi connectivity index (χ4v) is 2.77. The van der Waals surface area contributed by atoms with Crippen molar-refractivity contribution in [3.8, 4) is 11.5 Å².